The Kier molecular flexibility index (Phi) is 4.15. The second kappa shape index (κ2) is 6.22. The number of nitrogen functional groups attached to an aromatic ring is 1. The largest absolute Gasteiger partial charge is 0.397 e. The van der Waals surface area contributed by atoms with Crippen LogP contribution in [0, 0.1) is 0 Å². The standard InChI is InChI=1S/C15H18N4OS/c16-12-5-1-2-6-14(12)19-8-7-13(18-19)15(20)17-11-4-3-9-21-10-11/h1-2,5-8,11H,3-4,9-10,16H2,(H,17,20). The number of carbonyl (C=O) groups excluding carboxylic acids is 1. The zero-order valence-corrected chi connectivity index (χ0v) is 12.5. The minimum absolute atomic E-state index is 0.115. The Morgan fingerprint density at radius 2 is 2.24 bits per heavy atom. The molecule has 0 bridgehead atoms. The van der Waals surface area contributed by atoms with E-state index in [1.54, 1.807) is 16.9 Å². The van der Waals surface area contributed by atoms with E-state index >= 15 is 0 Å². The topological polar surface area (TPSA) is 72.9 Å². The molecule has 5 nitrogen and oxygen atoms in total. The van der Waals surface area contributed by atoms with E-state index < -0.39 is 0 Å². The fraction of sp³-hybridized carbons (Fsp3) is 0.333. The molecule has 1 atom stereocenters. The molecule has 21 heavy (non-hydrogen) atoms. The van der Waals surface area contributed by atoms with Gasteiger partial charge in [0.2, 0.25) is 0 Å². The van der Waals surface area contributed by atoms with Crippen molar-refractivity contribution in [1.82, 2.24) is 15.1 Å². The van der Waals surface area contributed by atoms with Crippen LogP contribution in [-0.2, 0) is 0 Å². The summed E-state index contributed by atoms with van der Waals surface area (Å²) < 4.78 is 1.64. The number of carbonyl (C=O) groups is 1. The first-order chi connectivity index (χ1) is 10.2. The van der Waals surface area contributed by atoms with Crippen LogP contribution < -0.4 is 11.1 Å². The molecule has 0 saturated carbocycles. The van der Waals surface area contributed by atoms with E-state index in [1.165, 1.54) is 5.75 Å². The maximum atomic E-state index is 12.2. The molecule has 2 heterocycles. The van der Waals surface area contributed by atoms with Crippen molar-refractivity contribution in [2.24, 2.45) is 0 Å². The zero-order chi connectivity index (χ0) is 14.7. The molecule has 1 aliphatic heterocycles. The van der Waals surface area contributed by atoms with E-state index in [0.717, 1.165) is 24.3 Å². The third kappa shape index (κ3) is 3.21. The fourth-order valence-corrected chi connectivity index (χ4v) is 3.46. The number of hydrogen-bond donors (Lipinski definition) is 2. The number of rotatable bonds is 3. The molecule has 110 valence electrons. The smallest absolute Gasteiger partial charge is 0.272 e. The molecule has 1 aliphatic rings. The van der Waals surface area contributed by atoms with Gasteiger partial charge in [-0.2, -0.15) is 16.9 Å². The maximum Gasteiger partial charge on any atom is 0.272 e. The number of thioether (sulfide) groups is 1. The fourth-order valence-electron chi connectivity index (χ4n) is 2.39. The van der Waals surface area contributed by atoms with Crippen molar-refractivity contribution >= 4 is 23.4 Å². The van der Waals surface area contributed by atoms with Crippen LogP contribution in [0.5, 0.6) is 0 Å². The summed E-state index contributed by atoms with van der Waals surface area (Å²) in [6.45, 7) is 0. The van der Waals surface area contributed by atoms with Gasteiger partial charge in [0.25, 0.3) is 5.91 Å². The Morgan fingerprint density at radius 1 is 1.38 bits per heavy atom. The number of amides is 1. The zero-order valence-electron chi connectivity index (χ0n) is 11.7. The molecule has 0 aliphatic carbocycles. The van der Waals surface area contributed by atoms with Crippen molar-refractivity contribution in [3.8, 4) is 5.69 Å². The lowest BCUT2D eigenvalue weighted by Gasteiger charge is -2.21. The summed E-state index contributed by atoms with van der Waals surface area (Å²) in [6.07, 6.45) is 3.96. The molecular formula is C15H18N4OS. The molecular weight excluding hydrogens is 284 g/mol. The summed E-state index contributed by atoms with van der Waals surface area (Å²) in [5.41, 5.74) is 7.77. The molecule has 6 heteroatoms. The number of aromatic nitrogens is 2. The molecule has 1 fully saturated rings. The van der Waals surface area contributed by atoms with Crippen molar-refractivity contribution in [2.45, 2.75) is 18.9 Å². The van der Waals surface area contributed by atoms with E-state index in [4.69, 9.17) is 5.73 Å². The van der Waals surface area contributed by atoms with Gasteiger partial charge in [0, 0.05) is 18.0 Å². The minimum Gasteiger partial charge on any atom is -0.397 e. The average Bonchev–Trinajstić information content (AvgIpc) is 2.98. The second-order valence-electron chi connectivity index (χ2n) is 5.09. The quantitative estimate of drug-likeness (QED) is 0.851. The molecule has 0 spiro atoms. The van der Waals surface area contributed by atoms with E-state index in [0.29, 0.717) is 11.4 Å². The highest BCUT2D eigenvalue weighted by Gasteiger charge is 2.18. The van der Waals surface area contributed by atoms with Gasteiger partial charge in [0.1, 0.15) is 0 Å². The normalized spacial score (nSPS) is 18.4. The molecule has 1 amide bonds. The van der Waals surface area contributed by atoms with E-state index in [1.807, 2.05) is 36.0 Å². The van der Waals surface area contributed by atoms with Crippen molar-refractivity contribution in [2.75, 3.05) is 17.2 Å². The van der Waals surface area contributed by atoms with Gasteiger partial charge in [-0.1, -0.05) is 12.1 Å². The van der Waals surface area contributed by atoms with Crippen LogP contribution in [0.4, 0.5) is 5.69 Å². The minimum atomic E-state index is -0.115. The van der Waals surface area contributed by atoms with Gasteiger partial charge >= 0.3 is 0 Å². The number of hydrogen-bond acceptors (Lipinski definition) is 4. The first kappa shape index (κ1) is 14.0. The highest BCUT2D eigenvalue weighted by molar-refractivity contribution is 7.99. The van der Waals surface area contributed by atoms with Crippen LogP contribution in [0.1, 0.15) is 23.3 Å². The van der Waals surface area contributed by atoms with Crippen LogP contribution in [0.15, 0.2) is 36.5 Å². The Labute approximate surface area is 127 Å². The number of anilines is 1. The predicted molar refractivity (Wildman–Crippen MR) is 85.8 cm³/mol. The maximum absolute atomic E-state index is 12.2. The average molecular weight is 302 g/mol. The molecule has 1 saturated heterocycles. The number of nitrogens with zero attached hydrogens (tertiary/aromatic N) is 2. The van der Waals surface area contributed by atoms with Crippen LogP contribution >= 0.6 is 11.8 Å². The SMILES string of the molecule is Nc1ccccc1-n1ccc(C(=O)NC2CCCSC2)n1. The summed E-state index contributed by atoms with van der Waals surface area (Å²) >= 11 is 1.89. The van der Waals surface area contributed by atoms with Gasteiger partial charge in [0.05, 0.1) is 11.4 Å². The summed E-state index contributed by atoms with van der Waals surface area (Å²) in [4.78, 5) is 12.2. The van der Waals surface area contributed by atoms with Gasteiger partial charge in [-0.05, 0) is 36.8 Å². The van der Waals surface area contributed by atoms with Crippen molar-refractivity contribution in [3.63, 3.8) is 0 Å². The molecule has 2 aromatic rings. The first-order valence-corrected chi connectivity index (χ1v) is 8.18. The molecule has 3 rings (SSSR count). The molecule has 1 unspecified atom stereocenters. The highest BCUT2D eigenvalue weighted by atomic mass is 32.2. The molecule has 3 N–H and O–H groups in total. The van der Waals surface area contributed by atoms with Crippen molar-refractivity contribution < 1.29 is 4.79 Å². The molecule has 1 aromatic carbocycles. The number of nitrogens with one attached hydrogen (secondary N) is 1. The first-order valence-electron chi connectivity index (χ1n) is 7.03. The Morgan fingerprint density at radius 3 is 3.00 bits per heavy atom. The number of para-hydroxylation sites is 2. The van der Waals surface area contributed by atoms with Gasteiger partial charge in [0.15, 0.2) is 5.69 Å². The summed E-state index contributed by atoms with van der Waals surface area (Å²) in [6, 6.07) is 9.43. The van der Waals surface area contributed by atoms with E-state index in [2.05, 4.69) is 10.4 Å². The lowest BCUT2D eigenvalue weighted by molar-refractivity contribution is 0.0933. The predicted octanol–water partition coefficient (Wildman–Crippen LogP) is 2.08. The summed E-state index contributed by atoms with van der Waals surface area (Å²) in [5, 5.41) is 7.37. The monoisotopic (exact) mass is 302 g/mol. The molecule has 0 radical (unpaired) electrons. The van der Waals surface area contributed by atoms with Crippen molar-refractivity contribution in [1.29, 1.82) is 0 Å². The van der Waals surface area contributed by atoms with E-state index in [9.17, 15) is 4.79 Å². The second-order valence-corrected chi connectivity index (χ2v) is 6.24. The Bertz CT molecular complexity index is 634. The van der Waals surface area contributed by atoms with Gasteiger partial charge in [-0.15, -0.1) is 0 Å². The van der Waals surface area contributed by atoms with Gasteiger partial charge < -0.3 is 11.1 Å². The summed E-state index contributed by atoms with van der Waals surface area (Å²) in [7, 11) is 0. The Balaban J connectivity index is 1.72. The number of nitrogens with two attached hydrogens (primary N) is 1. The lowest BCUT2D eigenvalue weighted by atomic mass is 10.2. The lowest BCUT2D eigenvalue weighted by Crippen LogP contribution is -2.38. The van der Waals surface area contributed by atoms with Gasteiger partial charge in [-0.3, -0.25) is 4.79 Å². The van der Waals surface area contributed by atoms with Crippen LogP contribution in [0.2, 0.25) is 0 Å². The Hall–Kier alpha value is -1.95. The third-order valence-electron chi connectivity index (χ3n) is 3.50. The summed E-state index contributed by atoms with van der Waals surface area (Å²) in [5.74, 6) is 2.06. The van der Waals surface area contributed by atoms with Gasteiger partial charge in [-0.25, -0.2) is 4.68 Å². The highest BCUT2D eigenvalue weighted by Crippen LogP contribution is 2.18. The third-order valence-corrected chi connectivity index (χ3v) is 4.72. The van der Waals surface area contributed by atoms with Crippen molar-refractivity contribution in [3.05, 3.63) is 42.2 Å². The van der Waals surface area contributed by atoms with E-state index in [-0.39, 0.29) is 11.9 Å². The van der Waals surface area contributed by atoms with Crippen LogP contribution in [-0.4, -0.2) is 33.2 Å². The molecule has 1 aromatic heterocycles. The van der Waals surface area contributed by atoms with Crippen LogP contribution in [0.25, 0.3) is 5.69 Å². The number of benzene rings is 1. The van der Waals surface area contributed by atoms with Crippen LogP contribution in [0.3, 0.4) is 0 Å².